The smallest absolute Gasteiger partial charge is 0.379 e. The van der Waals surface area contributed by atoms with Crippen LogP contribution in [0.4, 0.5) is 8.78 Å². The standard InChI is InChI=1S/C11H12BrF2NO2/c1-2-17-10(16)11(13,14)9(15)7-3-5-8(12)6-4-7/h3-6,9H,2,15H2,1H3/t9-/m0/s1. The van der Waals surface area contributed by atoms with Gasteiger partial charge in [0.25, 0.3) is 0 Å². The highest BCUT2D eigenvalue weighted by molar-refractivity contribution is 9.10. The number of hydrogen-bond acceptors (Lipinski definition) is 3. The van der Waals surface area contributed by atoms with Gasteiger partial charge in [-0.2, -0.15) is 8.78 Å². The van der Waals surface area contributed by atoms with Crippen LogP contribution >= 0.6 is 15.9 Å². The first-order valence-electron chi connectivity index (χ1n) is 4.95. The molecule has 0 saturated heterocycles. The molecule has 0 fully saturated rings. The molecule has 0 unspecified atom stereocenters. The van der Waals surface area contributed by atoms with Crippen molar-refractivity contribution < 1.29 is 18.3 Å². The third kappa shape index (κ3) is 3.23. The molecule has 1 aromatic carbocycles. The van der Waals surface area contributed by atoms with Gasteiger partial charge in [-0.1, -0.05) is 28.1 Å². The van der Waals surface area contributed by atoms with Gasteiger partial charge in [0.15, 0.2) is 0 Å². The Bertz CT molecular complexity index is 395. The van der Waals surface area contributed by atoms with Crippen LogP contribution in [0.5, 0.6) is 0 Å². The Hall–Kier alpha value is -1.01. The molecular formula is C11H12BrF2NO2. The van der Waals surface area contributed by atoms with Crippen molar-refractivity contribution in [3.63, 3.8) is 0 Å². The topological polar surface area (TPSA) is 52.3 Å². The summed E-state index contributed by atoms with van der Waals surface area (Å²) in [5, 5.41) is 0. The zero-order chi connectivity index (χ0) is 13.1. The van der Waals surface area contributed by atoms with Crippen molar-refractivity contribution >= 4 is 21.9 Å². The summed E-state index contributed by atoms with van der Waals surface area (Å²) >= 11 is 3.18. The maximum Gasteiger partial charge on any atom is 0.379 e. The molecular weight excluding hydrogens is 296 g/mol. The van der Waals surface area contributed by atoms with Crippen LogP contribution in [0.25, 0.3) is 0 Å². The number of ether oxygens (including phenoxy) is 1. The van der Waals surface area contributed by atoms with Gasteiger partial charge in [0.1, 0.15) is 6.04 Å². The van der Waals surface area contributed by atoms with Crippen LogP contribution in [0.1, 0.15) is 18.5 Å². The van der Waals surface area contributed by atoms with Crippen molar-refractivity contribution in [3.8, 4) is 0 Å². The average Bonchev–Trinajstić information content (AvgIpc) is 2.29. The Balaban J connectivity index is 2.91. The molecule has 0 aromatic heterocycles. The molecule has 17 heavy (non-hydrogen) atoms. The van der Waals surface area contributed by atoms with E-state index in [0.29, 0.717) is 0 Å². The lowest BCUT2D eigenvalue weighted by Gasteiger charge is -2.21. The van der Waals surface area contributed by atoms with Gasteiger partial charge in [0.05, 0.1) is 6.61 Å². The second-order valence-corrected chi connectivity index (χ2v) is 4.29. The lowest BCUT2D eigenvalue weighted by Crippen LogP contribution is -2.41. The number of halogens is 3. The molecule has 6 heteroatoms. The van der Waals surface area contributed by atoms with Crippen molar-refractivity contribution in [2.45, 2.75) is 18.9 Å². The minimum atomic E-state index is -3.73. The number of benzene rings is 1. The van der Waals surface area contributed by atoms with Crippen molar-refractivity contribution in [3.05, 3.63) is 34.3 Å². The highest BCUT2D eigenvalue weighted by Crippen LogP contribution is 2.31. The summed E-state index contributed by atoms with van der Waals surface area (Å²) in [6.45, 7) is 1.35. The molecule has 2 N–H and O–H groups in total. The fourth-order valence-electron chi connectivity index (χ4n) is 1.23. The molecule has 0 amide bonds. The number of rotatable bonds is 4. The zero-order valence-electron chi connectivity index (χ0n) is 9.12. The van der Waals surface area contributed by atoms with E-state index in [-0.39, 0.29) is 12.2 Å². The molecule has 0 aliphatic carbocycles. The molecule has 0 aliphatic rings. The maximum atomic E-state index is 13.6. The van der Waals surface area contributed by atoms with Crippen molar-refractivity contribution in [1.82, 2.24) is 0 Å². The molecule has 0 bridgehead atoms. The molecule has 0 radical (unpaired) electrons. The van der Waals surface area contributed by atoms with E-state index in [4.69, 9.17) is 5.73 Å². The van der Waals surface area contributed by atoms with Crippen LogP contribution < -0.4 is 5.73 Å². The molecule has 0 spiro atoms. The molecule has 1 aromatic rings. The summed E-state index contributed by atoms with van der Waals surface area (Å²) in [5.41, 5.74) is 5.56. The molecule has 1 rings (SSSR count). The third-order valence-electron chi connectivity index (χ3n) is 2.17. The second-order valence-electron chi connectivity index (χ2n) is 3.37. The largest absolute Gasteiger partial charge is 0.462 e. The molecule has 0 saturated carbocycles. The summed E-state index contributed by atoms with van der Waals surface area (Å²) in [4.78, 5) is 11.1. The van der Waals surface area contributed by atoms with E-state index < -0.39 is 17.9 Å². The van der Waals surface area contributed by atoms with Gasteiger partial charge in [-0.25, -0.2) is 4.79 Å². The predicted molar refractivity (Wildman–Crippen MR) is 62.7 cm³/mol. The lowest BCUT2D eigenvalue weighted by molar-refractivity contribution is -0.174. The summed E-state index contributed by atoms with van der Waals surface area (Å²) in [7, 11) is 0. The predicted octanol–water partition coefficient (Wildman–Crippen LogP) is 2.65. The minimum Gasteiger partial charge on any atom is -0.462 e. The van der Waals surface area contributed by atoms with Crippen molar-refractivity contribution in [1.29, 1.82) is 0 Å². The number of esters is 1. The normalized spacial score (nSPS) is 13.2. The van der Waals surface area contributed by atoms with Gasteiger partial charge in [-0.3, -0.25) is 0 Å². The molecule has 0 heterocycles. The van der Waals surface area contributed by atoms with E-state index >= 15 is 0 Å². The fourth-order valence-corrected chi connectivity index (χ4v) is 1.50. The number of carbonyl (C=O) groups is 1. The van der Waals surface area contributed by atoms with Gasteiger partial charge in [0, 0.05) is 4.47 Å². The van der Waals surface area contributed by atoms with Crippen molar-refractivity contribution in [2.24, 2.45) is 5.73 Å². The van der Waals surface area contributed by atoms with Crippen LogP contribution in [0.15, 0.2) is 28.7 Å². The van der Waals surface area contributed by atoms with E-state index in [1.165, 1.54) is 19.1 Å². The van der Waals surface area contributed by atoms with Crippen LogP contribution in [-0.4, -0.2) is 18.5 Å². The molecule has 94 valence electrons. The zero-order valence-corrected chi connectivity index (χ0v) is 10.7. The molecule has 0 aliphatic heterocycles. The number of nitrogens with two attached hydrogens (primary N) is 1. The Morgan fingerprint density at radius 1 is 1.47 bits per heavy atom. The average molecular weight is 308 g/mol. The summed E-state index contributed by atoms with van der Waals surface area (Å²) in [5.74, 6) is -5.33. The van der Waals surface area contributed by atoms with Crippen LogP contribution in [0.3, 0.4) is 0 Å². The highest BCUT2D eigenvalue weighted by atomic mass is 79.9. The third-order valence-corrected chi connectivity index (χ3v) is 2.70. The van der Waals surface area contributed by atoms with E-state index in [1.807, 2.05) is 0 Å². The lowest BCUT2D eigenvalue weighted by atomic mass is 10.0. The maximum absolute atomic E-state index is 13.6. The summed E-state index contributed by atoms with van der Waals surface area (Å²) in [6, 6.07) is 4.31. The van der Waals surface area contributed by atoms with E-state index in [0.717, 1.165) is 4.47 Å². The Kier molecular flexibility index (Phi) is 4.59. The SMILES string of the molecule is CCOC(=O)C(F)(F)[C@@H](N)c1ccc(Br)cc1. The van der Waals surface area contributed by atoms with Crippen LogP contribution in [0.2, 0.25) is 0 Å². The Labute approximate surface area is 106 Å². The molecule has 1 atom stereocenters. The van der Waals surface area contributed by atoms with Gasteiger partial charge in [-0.05, 0) is 24.6 Å². The first kappa shape index (κ1) is 14.1. The van der Waals surface area contributed by atoms with Gasteiger partial charge in [0.2, 0.25) is 0 Å². The first-order valence-corrected chi connectivity index (χ1v) is 5.75. The second kappa shape index (κ2) is 5.55. The summed E-state index contributed by atoms with van der Waals surface area (Å²) in [6.07, 6.45) is 0. The van der Waals surface area contributed by atoms with E-state index in [9.17, 15) is 13.6 Å². The van der Waals surface area contributed by atoms with E-state index in [1.54, 1.807) is 12.1 Å². The quantitative estimate of drug-likeness (QED) is 0.870. The van der Waals surface area contributed by atoms with Crippen molar-refractivity contribution in [2.75, 3.05) is 6.61 Å². The minimum absolute atomic E-state index is 0.110. The number of carbonyl (C=O) groups excluding carboxylic acids is 1. The summed E-state index contributed by atoms with van der Waals surface area (Å²) < 4.78 is 32.2. The number of hydrogen-bond donors (Lipinski definition) is 1. The highest BCUT2D eigenvalue weighted by Gasteiger charge is 2.47. The first-order chi connectivity index (χ1) is 7.89. The molecule has 3 nitrogen and oxygen atoms in total. The number of alkyl halides is 2. The Morgan fingerprint density at radius 3 is 2.47 bits per heavy atom. The van der Waals surface area contributed by atoms with Gasteiger partial charge >= 0.3 is 11.9 Å². The van der Waals surface area contributed by atoms with Gasteiger partial charge < -0.3 is 10.5 Å². The monoisotopic (exact) mass is 307 g/mol. The van der Waals surface area contributed by atoms with Gasteiger partial charge in [-0.15, -0.1) is 0 Å². The van der Waals surface area contributed by atoms with E-state index in [2.05, 4.69) is 20.7 Å². The van der Waals surface area contributed by atoms with Crippen LogP contribution in [-0.2, 0) is 9.53 Å². The Morgan fingerprint density at radius 2 is 2.00 bits per heavy atom. The fraction of sp³-hybridized carbons (Fsp3) is 0.364. The van der Waals surface area contributed by atoms with Crippen LogP contribution in [0, 0.1) is 0 Å².